The first-order valence-corrected chi connectivity index (χ1v) is 4.31. The molecule has 0 aromatic carbocycles. The van der Waals surface area contributed by atoms with E-state index in [9.17, 15) is 9.90 Å². The van der Waals surface area contributed by atoms with Crippen molar-refractivity contribution in [3.63, 3.8) is 0 Å². The molecule has 1 aliphatic rings. The molecule has 1 fully saturated rings. The Kier molecular flexibility index (Phi) is 6.03. The Hall–Kier alpha value is -0.320. The van der Waals surface area contributed by atoms with Gasteiger partial charge in [-0.15, -0.1) is 12.4 Å². The standard InChI is InChI=1S/C8H15NO3.ClH/c1-2-12-8(11)6-3-4-9-5-7(6)10;/h6-7,9-10H,2-5H2,1H3;1H/t6-,7+;/m0./s1. The van der Waals surface area contributed by atoms with Crippen LogP contribution in [-0.4, -0.2) is 36.9 Å². The molecule has 13 heavy (non-hydrogen) atoms. The van der Waals surface area contributed by atoms with Gasteiger partial charge in [0, 0.05) is 6.54 Å². The number of halogens is 1. The van der Waals surface area contributed by atoms with Gasteiger partial charge in [0.1, 0.15) is 0 Å². The molecule has 0 amide bonds. The maximum atomic E-state index is 11.2. The number of nitrogens with one attached hydrogen (secondary N) is 1. The number of β-amino-alcohol motifs (C(OH)–C–C–N with tert-alkyl or cyclic N) is 1. The number of ether oxygens (including phenoxy) is 1. The molecule has 0 radical (unpaired) electrons. The maximum Gasteiger partial charge on any atom is 0.311 e. The molecular formula is C8H16ClNO3. The number of hydrogen-bond acceptors (Lipinski definition) is 4. The third kappa shape index (κ3) is 3.50. The molecule has 0 aromatic heterocycles. The first kappa shape index (κ1) is 12.7. The van der Waals surface area contributed by atoms with Gasteiger partial charge in [-0.3, -0.25) is 4.79 Å². The zero-order chi connectivity index (χ0) is 8.97. The number of aliphatic hydroxyl groups is 1. The molecule has 2 N–H and O–H groups in total. The number of carbonyl (C=O) groups is 1. The zero-order valence-electron chi connectivity index (χ0n) is 7.66. The largest absolute Gasteiger partial charge is 0.466 e. The van der Waals surface area contributed by atoms with Crippen LogP contribution < -0.4 is 5.32 Å². The Morgan fingerprint density at radius 2 is 2.38 bits per heavy atom. The van der Waals surface area contributed by atoms with Gasteiger partial charge in [0.25, 0.3) is 0 Å². The van der Waals surface area contributed by atoms with E-state index in [-0.39, 0.29) is 24.3 Å². The number of hydrogen-bond donors (Lipinski definition) is 2. The van der Waals surface area contributed by atoms with Crippen LogP contribution in [0.5, 0.6) is 0 Å². The summed E-state index contributed by atoms with van der Waals surface area (Å²) in [6, 6.07) is 0. The quantitative estimate of drug-likeness (QED) is 0.626. The third-order valence-electron chi connectivity index (χ3n) is 2.04. The number of piperidine rings is 1. The van der Waals surface area contributed by atoms with Crippen LogP contribution in [0.1, 0.15) is 13.3 Å². The highest BCUT2D eigenvalue weighted by Crippen LogP contribution is 2.13. The zero-order valence-corrected chi connectivity index (χ0v) is 8.47. The van der Waals surface area contributed by atoms with E-state index in [0.717, 1.165) is 6.54 Å². The SMILES string of the molecule is CCOC(=O)[C@H]1CCNC[C@H]1O.Cl. The smallest absolute Gasteiger partial charge is 0.311 e. The van der Waals surface area contributed by atoms with Crippen molar-refractivity contribution < 1.29 is 14.6 Å². The van der Waals surface area contributed by atoms with E-state index in [2.05, 4.69) is 5.32 Å². The summed E-state index contributed by atoms with van der Waals surface area (Å²) in [5.74, 6) is -0.599. The molecule has 0 aromatic rings. The highest BCUT2D eigenvalue weighted by Gasteiger charge is 2.30. The fourth-order valence-electron chi connectivity index (χ4n) is 1.37. The number of rotatable bonds is 2. The first-order valence-electron chi connectivity index (χ1n) is 4.31. The minimum atomic E-state index is -0.585. The Bertz CT molecular complexity index is 165. The van der Waals surface area contributed by atoms with Crippen LogP contribution in [0.25, 0.3) is 0 Å². The Balaban J connectivity index is 0.00000144. The van der Waals surface area contributed by atoms with Gasteiger partial charge >= 0.3 is 5.97 Å². The summed E-state index contributed by atoms with van der Waals surface area (Å²) in [6.45, 7) is 3.42. The summed E-state index contributed by atoms with van der Waals surface area (Å²) in [4.78, 5) is 11.2. The van der Waals surface area contributed by atoms with E-state index in [4.69, 9.17) is 4.74 Å². The number of carbonyl (C=O) groups excluding carboxylic acids is 1. The van der Waals surface area contributed by atoms with E-state index < -0.39 is 6.10 Å². The van der Waals surface area contributed by atoms with Crippen LogP contribution in [0.2, 0.25) is 0 Å². The lowest BCUT2D eigenvalue weighted by Crippen LogP contribution is -2.44. The van der Waals surface area contributed by atoms with E-state index in [0.29, 0.717) is 19.6 Å². The van der Waals surface area contributed by atoms with Crippen LogP contribution in [0.15, 0.2) is 0 Å². The van der Waals surface area contributed by atoms with Crippen LogP contribution in [-0.2, 0) is 9.53 Å². The average molecular weight is 210 g/mol. The fourth-order valence-corrected chi connectivity index (χ4v) is 1.37. The van der Waals surface area contributed by atoms with Gasteiger partial charge in [-0.2, -0.15) is 0 Å². The number of esters is 1. The molecule has 0 spiro atoms. The molecule has 78 valence electrons. The lowest BCUT2D eigenvalue weighted by Gasteiger charge is -2.26. The Morgan fingerprint density at radius 3 is 2.92 bits per heavy atom. The molecule has 1 aliphatic heterocycles. The van der Waals surface area contributed by atoms with Crippen molar-refractivity contribution in [1.29, 1.82) is 0 Å². The highest BCUT2D eigenvalue weighted by molar-refractivity contribution is 5.85. The summed E-state index contributed by atoms with van der Waals surface area (Å²) < 4.78 is 4.83. The molecular weight excluding hydrogens is 194 g/mol. The van der Waals surface area contributed by atoms with Crippen molar-refractivity contribution in [3.8, 4) is 0 Å². The van der Waals surface area contributed by atoms with Crippen LogP contribution in [0, 0.1) is 5.92 Å². The van der Waals surface area contributed by atoms with E-state index in [1.165, 1.54) is 0 Å². The molecule has 2 atom stereocenters. The van der Waals surface area contributed by atoms with Crippen molar-refractivity contribution in [3.05, 3.63) is 0 Å². The third-order valence-corrected chi connectivity index (χ3v) is 2.04. The van der Waals surface area contributed by atoms with Crippen molar-refractivity contribution in [2.24, 2.45) is 5.92 Å². The average Bonchev–Trinajstić information content (AvgIpc) is 2.05. The molecule has 4 nitrogen and oxygen atoms in total. The molecule has 5 heteroatoms. The van der Waals surface area contributed by atoms with Gasteiger partial charge in [-0.1, -0.05) is 0 Å². The molecule has 1 heterocycles. The van der Waals surface area contributed by atoms with E-state index in [1.54, 1.807) is 6.92 Å². The molecule has 0 aliphatic carbocycles. The van der Waals surface area contributed by atoms with Crippen molar-refractivity contribution in [2.75, 3.05) is 19.7 Å². The topological polar surface area (TPSA) is 58.6 Å². The van der Waals surface area contributed by atoms with Crippen molar-refractivity contribution in [1.82, 2.24) is 5.32 Å². The monoisotopic (exact) mass is 209 g/mol. The summed E-state index contributed by atoms with van der Waals surface area (Å²) >= 11 is 0. The van der Waals surface area contributed by atoms with Gasteiger partial charge < -0.3 is 15.2 Å². The second-order valence-corrected chi connectivity index (χ2v) is 2.92. The molecule has 1 rings (SSSR count). The summed E-state index contributed by atoms with van der Waals surface area (Å²) in [6.07, 6.45) is 0.0813. The lowest BCUT2D eigenvalue weighted by molar-refractivity contribution is -0.153. The Morgan fingerprint density at radius 1 is 1.69 bits per heavy atom. The maximum absolute atomic E-state index is 11.2. The van der Waals surface area contributed by atoms with Gasteiger partial charge in [-0.05, 0) is 19.9 Å². The van der Waals surface area contributed by atoms with E-state index >= 15 is 0 Å². The minimum absolute atomic E-state index is 0. The molecule has 1 saturated heterocycles. The van der Waals surface area contributed by atoms with Crippen LogP contribution in [0.4, 0.5) is 0 Å². The molecule has 0 bridgehead atoms. The van der Waals surface area contributed by atoms with Crippen molar-refractivity contribution >= 4 is 18.4 Å². The second kappa shape index (κ2) is 6.18. The first-order chi connectivity index (χ1) is 5.75. The summed E-state index contributed by atoms with van der Waals surface area (Å²) in [7, 11) is 0. The van der Waals surface area contributed by atoms with Crippen LogP contribution >= 0.6 is 12.4 Å². The normalized spacial score (nSPS) is 27.5. The predicted octanol–water partition coefficient (Wildman–Crippen LogP) is -0.0583. The second-order valence-electron chi connectivity index (χ2n) is 2.92. The summed E-state index contributed by atoms with van der Waals surface area (Å²) in [5, 5.41) is 12.4. The van der Waals surface area contributed by atoms with Gasteiger partial charge in [0.05, 0.1) is 18.6 Å². The van der Waals surface area contributed by atoms with Crippen molar-refractivity contribution in [2.45, 2.75) is 19.4 Å². The predicted molar refractivity (Wildman–Crippen MR) is 50.9 cm³/mol. The van der Waals surface area contributed by atoms with Crippen LogP contribution in [0.3, 0.4) is 0 Å². The van der Waals surface area contributed by atoms with Gasteiger partial charge in [-0.25, -0.2) is 0 Å². The number of aliphatic hydroxyl groups excluding tert-OH is 1. The van der Waals surface area contributed by atoms with Gasteiger partial charge in [0.2, 0.25) is 0 Å². The molecule has 0 saturated carbocycles. The Labute approximate surface area is 84.1 Å². The fraction of sp³-hybridized carbons (Fsp3) is 0.875. The highest BCUT2D eigenvalue weighted by atomic mass is 35.5. The molecule has 0 unspecified atom stereocenters. The van der Waals surface area contributed by atoms with E-state index in [1.807, 2.05) is 0 Å². The van der Waals surface area contributed by atoms with Gasteiger partial charge in [0.15, 0.2) is 0 Å². The summed E-state index contributed by atoms with van der Waals surface area (Å²) in [5.41, 5.74) is 0. The minimum Gasteiger partial charge on any atom is -0.466 e. The lowest BCUT2D eigenvalue weighted by atomic mass is 9.95.